The lowest BCUT2D eigenvalue weighted by molar-refractivity contribution is 0.292. The van der Waals surface area contributed by atoms with E-state index in [1.165, 1.54) is 12.3 Å². The van der Waals surface area contributed by atoms with Gasteiger partial charge in [-0.05, 0) is 30.7 Å². The third kappa shape index (κ3) is 3.87. The van der Waals surface area contributed by atoms with Crippen molar-refractivity contribution < 1.29 is 13.2 Å². The van der Waals surface area contributed by atoms with Crippen molar-refractivity contribution in [2.45, 2.75) is 18.4 Å². The summed E-state index contributed by atoms with van der Waals surface area (Å²) in [7, 11) is -3.94. The maximum absolute atomic E-state index is 13.0. The molecule has 0 aliphatic rings. The summed E-state index contributed by atoms with van der Waals surface area (Å²) in [4.78, 5) is 12.5. The van der Waals surface area contributed by atoms with Crippen LogP contribution >= 0.6 is 11.6 Å². The Morgan fingerprint density at radius 3 is 2.76 bits per heavy atom. The van der Waals surface area contributed by atoms with E-state index in [4.69, 9.17) is 16.3 Å². The zero-order chi connectivity index (χ0) is 20.4. The van der Waals surface area contributed by atoms with Crippen molar-refractivity contribution in [2.75, 3.05) is 4.72 Å². The number of hydrogen-bond donors (Lipinski definition) is 1. The molecule has 3 aromatic heterocycles. The summed E-state index contributed by atoms with van der Waals surface area (Å²) < 4.78 is 36.0. The van der Waals surface area contributed by atoms with Crippen LogP contribution in [0, 0.1) is 6.92 Å². The van der Waals surface area contributed by atoms with Crippen LogP contribution in [0.2, 0.25) is 5.02 Å². The van der Waals surface area contributed by atoms with Gasteiger partial charge in [-0.3, -0.25) is 19.1 Å². The number of sulfonamides is 1. The Morgan fingerprint density at radius 2 is 1.97 bits per heavy atom. The fraction of sp³-hybridized carbons (Fsp3) is 0.105. The molecule has 0 atom stereocenters. The molecular formula is C19H16ClN5O3S. The van der Waals surface area contributed by atoms with Gasteiger partial charge in [0.25, 0.3) is 10.0 Å². The Balaban J connectivity index is 1.72. The lowest BCUT2D eigenvalue weighted by Gasteiger charge is -2.12. The second-order valence-corrected chi connectivity index (χ2v) is 8.25. The van der Waals surface area contributed by atoms with E-state index in [9.17, 15) is 8.42 Å². The SMILES string of the molecule is Cc1c(Cl)cccc1S(=O)(=O)Nc1nc2cnccn2c1OCc1cccnc1. The number of fused-ring (bicyclic) bond motifs is 1. The van der Waals surface area contributed by atoms with Gasteiger partial charge in [-0.1, -0.05) is 23.7 Å². The third-order valence-electron chi connectivity index (χ3n) is 4.22. The molecule has 29 heavy (non-hydrogen) atoms. The van der Waals surface area contributed by atoms with Gasteiger partial charge < -0.3 is 4.74 Å². The van der Waals surface area contributed by atoms with Crippen LogP contribution in [0.4, 0.5) is 5.82 Å². The molecule has 0 bridgehead atoms. The molecule has 0 spiro atoms. The number of aromatic nitrogens is 4. The smallest absolute Gasteiger partial charge is 0.263 e. The Bertz CT molecular complexity index is 1280. The molecule has 0 saturated heterocycles. The van der Waals surface area contributed by atoms with Crippen molar-refractivity contribution in [2.24, 2.45) is 0 Å². The van der Waals surface area contributed by atoms with E-state index in [0.717, 1.165) is 5.56 Å². The Morgan fingerprint density at radius 1 is 1.14 bits per heavy atom. The number of imidazole rings is 1. The number of halogens is 1. The summed E-state index contributed by atoms with van der Waals surface area (Å²) in [5.41, 5.74) is 1.72. The normalized spacial score (nSPS) is 11.5. The van der Waals surface area contributed by atoms with E-state index < -0.39 is 10.0 Å². The number of rotatable bonds is 6. The molecule has 0 aliphatic heterocycles. The minimum absolute atomic E-state index is 0.0567. The van der Waals surface area contributed by atoms with Gasteiger partial charge >= 0.3 is 0 Å². The van der Waals surface area contributed by atoms with Crippen LogP contribution in [0.5, 0.6) is 5.88 Å². The maximum atomic E-state index is 13.0. The topological polar surface area (TPSA) is 98.5 Å². The van der Waals surface area contributed by atoms with Gasteiger partial charge in [-0.25, -0.2) is 13.4 Å². The Kier molecular flexibility index (Phi) is 5.08. The first-order valence-electron chi connectivity index (χ1n) is 8.57. The third-order valence-corrected chi connectivity index (χ3v) is 6.12. The van der Waals surface area contributed by atoms with E-state index in [1.54, 1.807) is 54.3 Å². The molecule has 8 nitrogen and oxygen atoms in total. The van der Waals surface area contributed by atoms with Crippen LogP contribution in [-0.4, -0.2) is 27.8 Å². The molecule has 0 radical (unpaired) electrons. The largest absolute Gasteiger partial charge is 0.471 e. The Hall–Kier alpha value is -3.17. The van der Waals surface area contributed by atoms with E-state index in [2.05, 4.69) is 19.7 Å². The number of hydrogen-bond acceptors (Lipinski definition) is 6. The Labute approximate surface area is 172 Å². The van der Waals surface area contributed by atoms with Crippen LogP contribution in [0.1, 0.15) is 11.1 Å². The van der Waals surface area contributed by atoms with E-state index in [-0.39, 0.29) is 23.2 Å². The van der Waals surface area contributed by atoms with E-state index in [1.807, 2.05) is 6.07 Å². The summed E-state index contributed by atoms with van der Waals surface area (Å²) >= 11 is 6.09. The lowest BCUT2D eigenvalue weighted by atomic mass is 10.2. The summed E-state index contributed by atoms with van der Waals surface area (Å²) in [5.74, 6) is 0.302. The van der Waals surface area contributed by atoms with E-state index >= 15 is 0 Å². The van der Waals surface area contributed by atoms with Gasteiger partial charge in [-0.2, -0.15) is 0 Å². The van der Waals surface area contributed by atoms with Crippen LogP contribution in [0.3, 0.4) is 0 Å². The summed E-state index contributed by atoms with van der Waals surface area (Å²) in [6.45, 7) is 1.83. The molecular weight excluding hydrogens is 414 g/mol. The fourth-order valence-corrected chi connectivity index (χ4v) is 4.28. The average molecular weight is 430 g/mol. The molecule has 10 heteroatoms. The molecule has 3 heterocycles. The highest BCUT2D eigenvalue weighted by atomic mass is 35.5. The number of anilines is 1. The van der Waals surface area contributed by atoms with Gasteiger partial charge in [0.1, 0.15) is 6.61 Å². The zero-order valence-electron chi connectivity index (χ0n) is 15.3. The van der Waals surface area contributed by atoms with Crippen LogP contribution in [0.25, 0.3) is 5.65 Å². The van der Waals surface area contributed by atoms with Gasteiger partial charge in [0.05, 0.1) is 11.1 Å². The first-order chi connectivity index (χ1) is 14.0. The fourth-order valence-electron chi connectivity index (χ4n) is 2.78. The molecule has 0 amide bonds. The van der Waals surface area contributed by atoms with Crippen LogP contribution in [0.15, 0.2) is 66.2 Å². The molecule has 4 aromatic rings. The minimum atomic E-state index is -3.94. The number of pyridine rings is 1. The van der Waals surface area contributed by atoms with E-state index in [0.29, 0.717) is 16.2 Å². The van der Waals surface area contributed by atoms with Gasteiger partial charge in [0, 0.05) is 35.4 Å². The van der Waals surface area contributed by atoms with Crippen molar-refractivity contribution in [3.8, 4) is 5.88 Å². The molecule has 0 unspecified atom stereocenters. The number of nitrogens with one attached hydrogen (secondary N) is 1. The van der Waals surface area contributed by atoms with Crippen molar-refractivity contribution >= 4 is 33.1 Å². The second kappa shape index (κ2) is 7.69. The molecule has 1 N–H and O–H groups in total. The summed E-state index contributed by atoms with van der Waals surface area (Å²) in [6, 6.07) is 8.35. The van der Waals surface area contributed by atoms with Gasteiger partial charge in [0.2, 0.25) is 11.7 Å². The van der Waals surface area contributed by atoms with Crippen LogP contribution < -0.4 is 9.46 Å². The van der Waals surface area contributed by atoms with Crippen molar-refractivity contribution in [3.63, 3.8) is 0 Å². The molecule has 0 fully saturated rings. The molecule has 1 aromatic carbocycles. The highest BCUT2D eigenvalue weighted by Gasteiger charge is 2.23. The average Bonchev–Trinajstić information content (AvgIpc) is 3.05. The molecule has 0 saturated carbocycles. The van der Waals surface area contributed by atoms with Crippen LogP contribution in [-0.2, 0) is 16.6 Å². The van der Waals surface area contributed by atoms with Crippen molar-refractivity contribution in [1.82, 2.24) is 19.4 Å². The van der Waals surface area contributed by atoms with Gasteiger partial charge in [0.15, 0.2) is 5.65 Å². The first kappa shape index (κ1) is 19.2. The summed E-state index contributed by atoms with van der Waals surface area (Å²) in [6.07, 6.45) is 8.05. The highest BCUT2D eigenvalue weighted by Crippen LogP contribution is 2.30. The van der Waals surface area contributed by atoms with Gasteiger partial charge in [-0.15, -0.1) is 0 Å². The first-order valence-corrected chi connectivity index (χ1v) is 10.4. The number of nitrogens with zero attached hydrogens (tertiary/aromatic N) is 4. The molecule has 148 valence electrons. The quantitative estimate of drug-likeness (QED) is 0.504. The second-order valence-electron chi connectivity index (χ2n) is 6.19. The monoisotopic (exact) mass is 429 g/mol. The predicted octanol–water partition coefficient (Wildman–Crippen LogP) is 3.47. The number of ether oxygens (including phenoxy) is 1. The maximum Gasteiger partial charge on any atom is 0.263 e. The summed E-state index contributed by atoms with van der Waals surface area (Å²) in [5, 5.41) is 0.361. The molecule has 0 aliphatic carbocycles. The molecule has 4 rings (SSSR count). The lowest BCUT2D eigenvalue weighted by Crippen LogP contribution is -2.15. The van der Waals surface area contributed by atoms with Crippen molar-refractivity contribution in [3.05, 3.63) is 77.5 Å². The van der Waals surface area contributed by atoms with Crippen molar-refractivity contribution in [1.29, 1.82) is 0 Å². The highest BCUT2D eigenvalue weighted by molar-refractivity contribution is 7.92. The predicted molar refractivity (Wildman–Crippen MR) is 109 cm³/mol. The standard InChI is InChI=1S/C19H16ClN5O3S/c1-13-15(20)5-2-6-16(13)29(26,27)24-18-19(25-9-8-22-11-17(25)23-18)28-12-14-4-3-7-21-10-14/h2-11,24H,12H2,1H3. The minimum Gasteiger partial charge on any atom is -0.471 e. The number of benzene rings is 1. The zero-order valence-corrected chi connectivity index (χ0v) is 16.9.